The minimum atomic E-state index is -0.462. The van der Waals surface area contributed by atoms with E-state index in [-0.39, 0.29) is 24.0 Å². The predicted molar refractivity (Wildman–Crippen MR) is 118 cm³/mol. The largest absolute Gasteiger partial charge is 0.373 e. The molecule has 3 aromatic rings. The molecule has 4 rings (SSSR count). The van der Waals surface area contributed by atoms with Crippen LogP contribution in [-0.2, 0) is 22.6 Å². The molecule has 0 N–H and O–H groups in total. The number of Topliss-reactive ketones (excluding diaryl/α,β-unsaturated/α-hetero) is 1. The molecule has 1 aliphatic heterocycles. The lowest BCUT2D eigenvalue weighted by atomic mass is 10.1. The Bertz CT molecular complexity index is 1100. The molecular weight excluding hydrogens is 432 g/mol. The summed E-state index contributed by atoms with van der Waals surface area (Å²) in [5.41, 5.74) is 1.96. The summed E-state index contributed by atoms with van der Waals surface area (Å²) in [6, 6.07) is 10.8. The van der Waals surface area contributed by atoms with Crippen molar-refractivity contribution >= 4 is 34.1 Å². The molecule has 0 atom stereocenters. The van der Waals surface area contributed by atoms with Crippen LogP contribution in [0.3, 0.4) is 0 Å². The number of anilines is 1. The molecule has 1 aromatic carbocycles. The molecule has 32 heavy (non-hydrogen) atoms. The van der Waals surface area contributed by atoms with E-state index in [9.17, 15) is 14.9 Å². The van der Waals surface area contributed by atoms with Gasteiger partial charge in [0, 0.05) is 31.0 Å². The fraction of sp³-hybridized carbons (Fsp3) is 0.318. The summed E-state index contributed by atoms with van der Waals surface area (Å²) in [5, 5.41) is 14.2. The van der Waals surface area contributed by atoms with Gasteiger partial charge in [0.15, 0.2) is 10.9 Å². The third kappa shape index (κ3) is 5.96. The van der Waals surface area contributed by atoms with Crippen LogP contribution < -0.4 is 4.90 Å². The van der Waals surface area contributed by atoms with Crippen molar-refractivity contribution in [3.05, 3.63) is 75.0 Å². The highest BCUT2D eigenvalue weighted by Gasteiger charge is 2.21. The van der Waals surface area contributed by atoms with Crippen molar-refractivity contribution in [2.24, 2.45) is 0 Å². The molecule has 1 saturated heterocycles. The van der Waals surface area contributed by atoms with Gasteiger partial charge in [-0.3, -0.25) is 14.9 Å². The van der Waals surface area contributed by atoms with Crippen molar-refractivity contribution in [3.63, 3.8) is 0 Å². The average Bonchev–Trinajstić information content (AvgIpc) is 3.44. The van der Waals surface area contributed by atoms with Crippen LogP contribution in [0, 0.1) is 10.1 Å². The quantitative estimate of drug-likeness (QED) is 0.303. The molecule has 0 radical (unpaired) electrons. The van der Waals surface area contributed by atoms with E-state index in [0.29, 0.717) is 12.2 Å². The third-order valence-electron chi connectivity index (χ3n) is 5.08. The van der Waals surface area contributed by atoms with E-state index in [4.69, 9.17) is 14.6 Å². The topological polar surface area (TPSA) is 115 Å². The Hall–Kier alpha value is -3.62. The molecule has 0 spiro atoms. The van der Waals surface area contributed by atoms with Gasteiger partial charge in [0.25, 0.3) is 5.69 Å². The second-order valence-corrected chi connectivity index (χ2v) is 8.14. The van der Waals surface area contributed by atoms with E-state index < -0.39 is 4.92 Å². The number of benzene rings is 1. The van der Waals surface area contributed by atoms with Crippen LogP contribution in [0.15, 0.2) is 48.0 Å². The predicted octanol–water partition coefficient (Wildman–Crippen LogP) is 3.73. The molecule has 3 heterocycles. The maximum absolute atomic E-state index is 12.8. The first-order valence-corrected chi connectivity index (χ1v) is 11.0. The monoisotopic (exact) mass is 454 g/mol. The van der Waals surface area contributed by atoms with Gasteiger partial charge in [-0.2, -0.15) is 9.59 Å². The van der Waals surface area contributed by atoms with E-state index in [1.165, 1.54) is 31.5 Å². The molecule has 2 aromatic heterocycles. The van der Waals surface area contributed by atoms with Crippen LogP contribution in [0.5, 0.6) is 0 Å². The van der Waals surface area contributed by atoms with Gasteiger partial charge in [0.2, 0.25) is 0 Å². The number of carbonyl (C=O) groups is 1. The third-order valence-corrected chi connectivity index (χ3v) is 6.03. The van der Waals surface area contributed by atoms with Crippen LogP contribution in [0.2, 0.25) is 0 Å². The van der Waals surface area contributed by atoms with Gasteiger partial charge < -0.3 is 9.47 Å². The van der Waals surface area contributed by atoms with E-state index in [1.54, 1.807) is 15.9 Å². The first-order chi connectivity index (χ1) is 15.5. The van der Waals surface area contributed by atoms with E-state index >= 15 is 0 Å². The van der Waals surface area contributed by atoms with Crippen LogP contribution in [0.1, 0.15) is 41.0 Å². The Balaban J connectivity index is 0.000000913. The summed E-state index contributed by atoms with van der Waals surface area (Å²) in [5.74, 6) is -0.143. The fourth-order valence-electron chi connectivity index (χ4n) is 3.61. The summed E-state index contributed by atoms with van der Waals surface area (Å²) in [7, 11) is 0. The second kappa shape index (κ2) is 11.1. The zero-order valence-corrected chi connectivity index (χ0v) is 18.1. The van der Waals surface area contributed by atoms with Crippen molar-refractivity contribution in [2.45, 2.75) is 32.2 Å². The second-order valence-electron chi connectivity index (χ2n) is 7.31. The molecule has 0 saturated carbocycles. The van der Waals surface area contributed by atoms with E-state index in [1.807, 2.05) is 35.7 Å². The normalized spacial score (nSPS) is 13.1. The number of ketones is 1. The lowest BCUT2D eigenvalue weighted by Crippen LogP contribution is -2.29. The zero-order chi connectivity index (χ0) is 22.9. The minimum Gasteiger partial charge on any atom is -0.348 e. The lowest BCUT2D eigenvalue weighted by Gasteiger charge is -2.25. The van der Waals surface area contributed by atoms with Crippen molar-refractivity contribution in [1.82, 2.24) is 9.55 Å². The number of rotatable bonds is 7. The number of piperidine rings is 1. The molecule has 1 fully saturated rings. The molecule has 166 valence electrons. The van der Waals surface area contributed by atoms with Gasteiger partial charge in [0.05, 0.1) is 29.1 Å². The van der Waals surface area contributed by atoms with Crippen molar-refractivity contribution in [2.75, 3.05) is 18.0 Å². The number of thiazole rings is 1. The maximum Gasteiger partial charge on any atom is 0.373 e. The average molecular weight is 455 g/mol. The first-order valence-electron chi connectivity index (χ1n) is 10.1. The summed E-state index contributed by atoms with van der Waals surface area (Å²) in [4.78, 5) is 46.9. The molecule has 0 bridgehead atoms. The number of hydrogen-bond donors (Lipinski definition) is 0. The summed E-state index contributed by atoms with van der Waals surface area (Å²) < 4.78 is 1.65. The van der Waals surface area contributed by atoms with Gasteiger partial charge in [-0.1, -0.05) is 30.3 Å². The van der Waals surface area contributed by atoms with Gasteiger partial charge in [-0.05, 0) is 24.8 Å². The molecule has 0 aliphatic carbocycles. The smallest absolute Gasteiger partial charge is 0.348 e. The Morgan fingerprint density at radius 3 is 2.50 bits per heavy atom. The van der Waals surface area contributed by atoms with Crippen molar-refractivity contribution < 1.29 is 19.3 Å². The molecule has 9 nitrogen and oxygen atoms in total. The summed E-state index contributed by atoms with van der Waals surface area (Å²) in [6.07, 6.45) is 5.50. The van der Waals surface area contributed by atoms with Gasteiger partial charge >= 0.3 is 6.15 Å². The number of hydrogen-bond acceptors (Lipinski definition) is 8. The molecular formula is C22H22N4O5S. The Kier molecular flexibility index (Phi) is 8.02. The lowest BCUT2D eigenvalue weighted by molar-refractivity contribution is -0.384. The molecule has 10 heteroatoms. The minimum absolute atomic E-state index is 0.0760. The number of nitro groups is 1. The Morgan fingerprint density at radius 1 is 1.16 bits per heavy atom. The summed E-state index contributed by atoms with van der Waals surface area (Å²) >= 11 is 1.59. The van der Waals surface area contributed by atoms with E-state index in [0.717, 1.165) is 29.5 Å². The number of nitrogens with zero attached hydrogens (tertiary/aromatic N) is 4. The standard InChI is InChI=1S/C21H22N4O3S.CO2/c26-20(11-16-7-3-1-4-8-16)19-12-18(25(27)28)14-24(19)13-17-15-29-21(22-17)23-9-5-2-6-10-23;2-1-3/h1,3-4,7-8,12,14-15H,2,5-6,9-11,13H2;. The Labute approximate surface area is 188 Å². The van der Waals surface area contributed by atoms with Gasteiger partial charge in [0.1, 0.15) is 0 Å². The zero-order valence-electron chi connectivity index (χ0n) is 17.3. The van der Waals surface area contributed by atoms with Crippen LogP contribution in [0.4, 0.5) is 10.8 Å². The highest BCUT2D eigenvalue weighted by molar-refractivity contribution is 7.13. The number of carbonyl (C=O) groups excluding carboxylic acids is 3. The van der Waals surface area contributed by atoms with Crippen molar-refractivity contribution in [1.29, 1.82) is 0 Å². The SMILES string of the molecule is O=C(Cc1ccccc1)c1cc([N+](=O)[O-])cn1Cc1csc(N2CCCCC2)n1.O=C=O. The van der Waals surface area contributed by atoms with Crippen LogP contribution >= 0.6 is 11.3 Å². The molecule has 0 unspecified atom stereocenters. The Morgan fingerprint density at radius 2 is 1.84 bits per heavy atom. The first kappa shape index (κ1) is 23.1. The molecule has 0 amide bonds. The van der Waals surface area contributed by atoms with Gasteiger partial charge in [-0.15, -0.1) is 11.3 Å². The highest BCUT2D eigenvalue weighted by atomic mass is 32.1. The number of aromatic nitrogens is 2. The van der Waals surface area contributed by atoms with E-state index in [2.05, 4.69) is 4.90 Å². The molecule has 1 aliphatic rings. The summed E-state index contributed by atoms with van der Waals surface area (Å²) in [6.45, 7) is 2.37. The maximum atomic E-state index is 12.8. The van der Waals surface area contributed by atoms with Crippen LogP contribution in [-0.4, -0.2) is 39.5 Å². The highest BCUT2D eigenvalue weighted by Crippen LogP contribution is 2.26. The fourth-order valence-corrected chi connectivity index (χ4v) is 4.48. The van der Waals surface area contributed by atoms with Crippen molar-refractivity contribution in [3.8, 4) is 0 Å². The van der Waals surface area contributed by atoms with Gasteiger partial charge in [-0.25, -0.2) is 4.98 Å². The van der Waals surface area contributed by atoms with Crippen LogP contribution in [0.25, 0.3) is 0 Å².